The number of hydrogen-bond donors (Lipinski definition) is 3. The fourth-order valence-electron chi connectivity index (χ4n) is 3.51. The molecular weight excluding hydrogens is 496 g/mol. The number of nitrogens with two attached hydrogens (primary N) is 2. The normalized spacial score (nSPS) is 19.5. The van der Waals surface area contributed by atoms with Gasteiger partial charge in [0, 0.05) is 28.9 Å². The standard InChI is InChI=1S/C20H18N8O5S2/c1-2-6-33-25-12(15-24-20(22)35-26-15)16(29)23-13-17(30)28-14(19(31)32)10(9-34-18(13)28)7-27-5-3-4-11(21)8-27/h1,3-5,8,13,18H,6-7,9,21H2,(H3-,22,23,24,26,29,31,32)/t13?,18-/m0/s1. The van der Waals surface area contributed by atoms with E-state index >= 15 is 0 Å². The van der Waals surface area contributed by atoms with Crippen LogP contribution < -0.4 is 26.5 Å². The Bertz CT molecular complexity index is 1300. The van der Waals surface area contributed by atoms with Gasteiger partial charge >= 0.3 is 0 Å². The summed E-state index contributed by atoms with van der Waals surface area (Å²) >= 11 is 2.15. The third-order valence-corrected chi connectivity index (χ3v) is 6.84. The molecule has 35 heavy (non-hydrogen) atoms. The number of nitrogens with one attached hydrogen (secondary N) is 1. The molecule has 2 atom stereocenters. The van der Waals surface area contributed by atoms with E-state index in [9.17, 15) is 19.5 Å². The van der Waals surface area contributed by atoms with Crippen molar-refractivity contribution in [3.05, 3.63) is 41.6 Å². The van der Waals surface area contributed by atoms with Crippen LogP contribution in [0.2, 0.25) is 0 Å². The van der Waals surface area contributed by atoms with Crippen LogP contribution in [0.5, 0.6) is 0 Å². The van der Waals surface area contributed by atoms with Gasteiger partial charge < -0.3 is 31.5 Å². The first kappa shape index (κ1) is 24.0. The third-order valence-electron chi connectivity index (χ3n) is 4.95. The van der Waals surface area contributed by atoms with Crippen LogP contribution in [0.3, 0.4) is 0 Å². The lowest BCUT2D eigenvalue weighted by atomic mass is 10.0. The number of oxime groups is 1. The number of terminal acetylenes is 1. The van der Waals surface area contributed by atoms with Gasteiger partial charge in [-0.15, -0.1) is 18.2 Å². The zero-order chi connectivity index (χ0) is 25.1. The molecule has 0 radical (unpaired) electrons. The minimum absolute atomic E-state index is 0.0977. The summed E-state index contributed by atoms with van der Waals surface area (Å²) < 4.78 is 5.65. The van der Waals surface area contributed by atoms with Gasteiger partial charge in [-0.3, -0.25) is 14.5 Å². The number of carboxylic acids is 1. The Labute approximate surface area is 207 Å². The number of amides is 2. The van der Waals surface area contributed by atoms with Gasteiger partial charge in [0.05, 0.1) is 17.4 Å². The number of carbonyl (C=O) groups excluding carboxylic acids is 3. The third kappa shape index (κ3) is 4.88. The summed E-state index contributed by atoms with van der Waals surface area (Å²) in [5.74, 6) is -0.506. The number of aromatic nitrogens is 3. The zero-order valence-corrected chi connectivity index (χ0v) is 19.5. The van der Waals surface area contributed by atoms with Crippen molar-refractivity contribution in [2.45, 2.75) is 18.0 Å². The highest BCUT2D eigenvalue weighted by atomic mass is 32.2. The van der Waals surface area contributed by atoms with Crippen LogP contribution in [-0.4, -0.2) is 61.5 Å². The van der Waals surface area contributed by atoms with Crippen molar-refractivity contribution in [3.8, 4) is 12.3 Å². The molecule has 4 rings (SSSR count). The summed E-state index contributed by atoms with van der Waals surface area (Å²) in [4.78, 5) is 47.7. The van der Waals surface area contributed by atoms with Crippen molar-refractivity contribution in [3.63, 3.8) is 0 Å². The van der Waals surface area contributed by atoms with Crippen LogP contribution in [0, 0.1) is 12.3 Å². The lowest BCUT2D eigenvalue weighted by molar-refractivity contribution is -0.688. The van der Waals surface area contributed by atoms with E-state index in [1.165, 1.54) is 11.8 Å². The van der Waals surface area contributed by atoms with Crippen LogP contribution in [0.15, 0.2) is 41.0 Å². The van der Waals surface area contributed by atoms with Gasteiger partial charge in [0.15, 0.2) is 30.7 Å². The summed E-state index contributed by atoms with van der Waals surface area (Å²) in [6.45, 7) is -0.00620. The molecular formula is C20H18N8O5S2. The first-order chi connectivity index (χ1) is 16.8. The Kier molecular flexibility index (Phi) is 6.85. The smallest absolute Gasteiger partial charge is 0.278 e. The van der Waals surface area contributed by atoms with E-state index in [4.69, 9.17) is 22.7 Å². The molecule has 0 aliphatic carbocycles. The topological polar surface area (TPSA) is 193 Å². The Balaban J connectivity index is 1.53. The van der Waals surface area contributed by atoms with Crippen LogP contribution in [0.1, 0.15) is 5.82 Å². The lowest BCUT2D eigenvalue weighted by Gasteiger charge is -2.50. The van der Waals surface area contributed by atoms with Crippen LogP contribution in [-0.2, 0) is 25.8 Å². The first-order valence-electron chi connectivity index (χ1n) is 9.96. The Morgan fingerprint density at radius 3 is 2.91 bits per heavy atom. The molecule has 0 aromatic carbocycles. The molecule has 4 heterocycles. The maximum absolute atomic E-state index is 12.9. The quantitative estimate of drug-likeness (QED) is 0.0843. The van der Waals surface area contributed by atoms with Crippen molar-refractivity contribution >= 4 is 57.6 Å². The SMILES string of the molecule is C#CCON=C(C(=O)NC1C(=O)N2C(C(=O)[O-])=C(C[n+]3cccc(N)c3)CS[C@@H]12)c1nsc(N)n1. The second-order valence-electron chi connectivity index (χ2n) is 7.28. The molecule has 1 saturated heterocycles. The molecule has 2 amide bonds. The molecule has 2 aliphatic rings. The average Bonchev–Trinajstić information content (AvgIpc) is 3.25. The van der Waals surface area contributed by atoms with Crippen molar-refractivity contribution in [2.75, 3.05) is 23.8 Å². The molecule has 13 nitrogen and oxygen atoms in total. The molecule has 0 bridgehead atoms. The number of hydrogen-bond acceptors (Lipinski definition) is 12. The van der Waals surface area contributed by atoms with E-state index in [-0.39, 0.29) is 35.5 Å². The number of anilines is 2. The lowest BCUT2D eigenvalue weighted by Crippen LogP contribution is -2.71. The molecule has 1 unspecified atom stereocenters. The highest BCUT2D eigenvalue weighted by Crippen LogP contribution is 2.40. The van der Waals surface area contributed by atoms with Crippen LogP contribution in [0.25, 0.3) is 0 Å². The van der Waals surface area contributed by atoms with Gasteiger partial charge in [0.2, 0.25) is 11.5 Å². The number of β-lactam (4-membered cyclic amide) rings is 1. The minimum Gasteiger partial charge on any atom is -0.543 e. The average molecular weight is 515 g/mol. The predicted molar refractivity (Wildman–Crippen MR) is 124 cm³/mol. The molecule has 0 spiro atoms. The Hall–Kier alpha value is -4.16. The predicted octanol–water partition coefficient (Wildman–Crippen LogP) is -2.55. The molecule has 2 aromatic rings. The number of nitrogens with zero attached hydrogens (tertiary/aromatic N) is 5. The summed E-state index contributed by atoms with van der Waals surface area (Å²) in [7, 11) is 0. The zero-order valence-electron chi connectivity index (χ0n) is 17.9. The number of thioether (sulfide) groups is 1. The summed E-state index contributed by atoms with van der Waals surface area (Å²) in [6.07, 6.45) is 8.51. The molecule has 2 aliphatic heterocycles. The van der Waals surface area contributed by atoms with E-state index in [1.807, 2.05) is 0 Å². The number of nitrogen functional groups attached to an aromatic ring is 2. The molecule has 1 fully saturated rings. The highest BCUT2D eigenvalue weighted by Gasteiger charge is 2.53. The molecule has 2 aromatic heterocycles. The van der Waals surface area contributed by atoms with Gasteiger partial charge in [-0.05, 0) is 6.07 Å². The second kappa shape index (κ2) is 9.99. The molecule has 15 heteroatoms. The van der Waals surface area contributed by atoms with Crippen LogP contribution in [0.4, 0.5) is 10.8 Å². The van der Waals surface area contributed by atoms with Gasteiger partial charge in [-0.25, -0.2) is 0 Å². The summed E-state index contributed by atoms with van der Waals surface area (Å²) in [5, 5.41) is 17.6. The van der Waals surface area contributed by atoms with E-state index in [0.717, 1.165) is 16.4 Å². The van der Waals surface area contributed by atoms with Crippen LogP contribution >= 0.6 is 23.3 Å². The highest BCUT2D eigenvalue weighted by molar-refractivity contribution is 8.00. The Morgan fingerprint density at radius 2 is 2.26 bits per heavy atom. The number of carboxylic acid groups (broad SMARTS) is 1. The van der Waals surface area contributed by atoms with E-state index in [0.29, 0.717) is 17.0 Å². The largest absolute Gasteiger partial charge is 0.543 e. The van der Waals surface area contributed by atoms with Crippen molar-refractivity contribution < 1.29 is 28.9 Å². The number of pyridine rings is 1. The maximum atomic E-state index is 12.9. The first-order valence-corrected chi connectivity index (χ1v) is 11.8. The van der Waals surface area contributed by atoms with E-state index in [2.05, 4.69) is 25.8 Å². The Morgan fingerprint density at radius 1 is 1.46 bits per heavy atom. The van der Waals surface area contributed by atoms with Crippen molar-refractivity contribution in [1.82, 2.24) is 19.6 Å². The molecule has 5 N–H and O–H groups in total. The van der Waals surface area contributed by atoms with Gasteiger partial charge in [-0.1, -0.05) is 11.1 Å². The monoisotopic (exact) mass is 514 g/mol. The maximum Gasteiger partial charge on any atom is 0.278 e. The summed E-state index contributed by atoms with van der Waals surface area (Å²) in [6, 6.07) is 2.41. The fraction of sp³-hybridized carbons (Fsp3) is 0.250. The fourth-order valence-corrected chi connectivity index (χ4v) is 5.28. The van der Waals surface area contributed by atoms with Gasteiger partial charge in [-0.2, -0.15) is 13.9 Å². The summed E-state index contributed by atoms with van der Waals surface area (Å²) in [5.41, 5.74) is 11.8. The number of aliphatic carboxylic acids is 1. The number of fused-ring (bicyclic) bond motifs is 1. The number of carbonyl (C=O) groups is 3. The van der Waals surface area contributed by atoms with E-state index in [1.54, 1.807) is 29.1 Å². The van der Waals surface area contributed by atoms with Crippen molar-refractivity contribution in [1.29, 1.82) is 0 Å². The van der Waals surface area contributed by atoms with Gasteiger partial charge in [0.25, 0.3) is 11.8 Å². The minimum atomic E-state index is -1.49. The number of rotatable bonds is 8. The second-order valence-corrected chi connectivity index (χ2v) is 9.17. The molecule has 0 saturated carbocycles. The van der Waals surface area contributed by atoms with E-state index < -0.39 is 29.2 Å². The van der Waals surface area contributed by atoms with Crippen molar-refractivity contribution in [2.24, 2.45) is 5.16 Å². The van der Waals surface area contributed by atoms with Gasteiger partial charge in [0.1, 0.15) is 11.4 Å². The molecule has 180 valence electrons.